The zero-order valence-corrected chi connectivity index (χ0v) is 13.3. The first-order valence-electron chi connectivity index (χ1n) is 7.90. The van der Waals surface area contributed by atoms with Crippen LogP contribution in [0.25, 0.3) is 0 Å². The highest BCUT2D eigenvalue weighted by Gasteiger charge is 2.33. The highest BCUT2D eigenvalue weighted by molar-refractivity contribution is 5.90. The van der Waals surface area contributed by atoms with Gasteiger partial charge < -0.3 is 4.74 Å². The van der Waals surface area contributed by atoms with Gasteiger partial charge in [0.2, 0.25) is 0 Å². The Morgan fingerprint density at radius 1 is 1.25 bits per heavy atom. The number of anilines is 1. The number of rotatable bonds is 3. The third kappa shape index (κ3) is 2.95. The molecule has 1 aliphatic heterocycles. The SMILES string of the molecule is CCOC(=O)N1c2ccccc2CCC1c1ccc([N+](=O)[O-])cc1. The molecule has 1 atom stereocenters. The lowest BCUT2D eigenvalue weighted by molar-refractivity contribution is -0.384. The summed E-state index contributed by atoms with van der Waals surface area (Å²) < 4.78 is 5.23. The molecule has 0 spiro atoms. The second-order valence-corrected chi connectivity index (χ2v) is 5.60. The van der Waals surface area contributed by atoms with Crippen molar-refractivity contribution < 1.29 is 14.5 Å². The second-order valence-electron chi connectivity index (χ2n) is 5.60. The molecular weight excluding hydrogens is 308 g/mol. The Morgan fingerprint density at radius 2 is 1.96 bits per heavy atom. The van der Waals surface area contributed by atoms with Gasteiger partial charge in [-0.05, 0) is 37.0 Å². The van der Waals surface area contributed by atoms with Crippen LogP contribution in [0.2, 0.25) is 0 Å². The Kier molecular flexibility index (Phi) is 4.46. The number of aryl methyl sites for hydroxylation is 1. The summed E-state index contributed by atoms with van der Waals surface area (Å²) in [7, 11) is 0. The van der Waals surface area contributed by atoms with E-state index in [1.807, 2.05) is 24.3 Å². The molecule has 6 nitrogen and oxygen atoms in total. The van der Waals surface area contributed by atoms with Crippen LogP contribution >= 0.6 is 0 Å². The molecule has 0 aromatic heterocycles. The third-order valence-corrected chi connectivity index (χ3v) is 4.20. The largest absolute Gasteiger partial charge is 0.449 e. The number of benzene rings is 2. The van der Waals surface area contributed by atoms with Crippen LogP contribution in [0.5, 0.6) is 0 Å². The fourth-order valence-electron chi connectivity index (χ4n) is 3.10. The van der Waals surface area contributed by atoms with Gasteiger partial charge in [-0.2, -0.15) is 0 Å². The number of ether oxygens (including phenoxy) is 1. The zero-order chi connectivity index (χ0) is 17.1. The van der Waals surface area contributed by atoms with Gasteiger partial charge in [0, 0.05) is 12.1 Å². The second kappa shape index (κ2) is 6.70. The molecule has 0 saturated carbocycles. The van der Waals surface area contributed by atoms with E-state index in [0.29, 0.717) is 6.61 Å². The summed E-state index contributed by atoms with van der Waals surface area (Å²) in [4.78, 5) is 24.6. The highest BCUT2D eigenvalue weighted by Crippen LogP contribution is 2.39. The number of hydrogen-bond donors (Lipinski definition) is 0. The number of hydrogen-bond acceptors (Lipinski definition) is 4. The molecule has 1 unspecified atom stereocenters. The standard InChI is InChI=1S/C18H18N2O4/c1-2-24-18(21)19-16-6-4-3-5-13(16)9-12-17(19)14-7-10-15(11-8-14)20(22)23/h3-8,10-11,17H,2,9,12H2,1H3. The molecule has 0 N–H and O–H groups in total. The average Bonchev–Trinajstić information content (AvgIpc) is 2.61. The molecule has 0 aliphatic carbocycles. The molecule has 0 radical (unpaired) electrons. The van der Waals surface area contributed by atoms with Crippen LogP contribution in [0.15, 0.2) is 48.5 Å². The predicted molar refractivity (Wildman–Crippen MR) is 90.1 cm³/mol. The van der Waals surface area contributed by atoms with Crippen molar-refractivity contribution in [2.24, 2.45) is 0 Å². The van der Waals surface area contributed by atoms with Crippen molar-refractivity contribution in [1.82, 2.24) is 0 Å². The molecular formula is C18H18N2O4. The number of amides is 1. The number of non-ortho nitro benzene ring substituents is 1. The van der Waals surface area contributed by atoms with E-state index in [4.69, 9.17) is 4.74 Å². The highest BCUT2D eigenvalue weighted by atomic mass is 16.6. The molecule has 0 fully saturated rings. The third-order valence-electron chi connectivity index (χ3n) is 4.20. The van der Waals surface area contributed by atoms with Gasteiger partial charge in [0.25, 0.3) is 5.69 Å². The molecule has 2 aromatic rings. The van der Waals surface area contributed by atoms with E-state index < -0.39 is 11.0 Å². The van der Waals surface area contributed by atoms with Crippen LogP contribution in [0.4, 0.5) is 16.2 Å². The average molecular weight is 326 g/mol. The molecule has 0 bridgehead atoms. The molecule has 3 rings (SSSR count). The van der Waals surface area contributed by atoms with Gasteiger partial charge >= 0.3 is 6.09 Å². The summed E-state index contributed by atoms with van der Waals surface area (Å²) in [6.45, 7) is 2.07. The quantitative estimate of drug-likeness (QED) is 0.624. The Bertz CT molecular complexity index is 758. The minimum absolute atomic E-state index is 0.0395. The summed E-state index contributed by atoms with van der Waals surface area (Å²) in [5.41, 5.74) is 2.84. The van der Waals surface area contributed by atoms with Crippen LogP contribution in [0, 0.1) is 10.1 Å². The number of nitrogens with zero attached hydrogens (tertiary/aromatic N) is 2. The lowest BCUT2D eigenvalue weighted by Crippen LogP contribution is -2.38. The minimum atomic E-state index is -0.428. The van der Waals surface area contributed by atoms with E-state index in [9.17, 15) is 14.9 Å². The maximum atomic E-state index is 12.5. The fraction of sp³-hybridized carbons (Fsp3) is 0.278. The molecule has 1 aliphatic rings. The summed E-state index contributed by atoms with van der Waals surface area (Å²) >= 11 is 0. The summed E-state index contributed by atoms with van der Waals surface area (Å²) in [5.74, 6) is 0. The predicted octanol–water partition coefficient (Wildman–Crippen LogP) is 4.25. The Labute approximate surface area is 139 Å². The topological polar surface area (TPSA) is 72.7 Å². The lowest BCUT2D eigenvalue weighted by Gasteiger charge is -2.36. The first-order valence-corrected chi connectivity index (χ1v) is 7.90. The van der Waals surface area contributed by atoms with E-state index in [-0.39, 0.29) is 11.7 Å². The van der Waals surface area contributed by atoms with Gasteiger partial charge in [0.05, 0.1) is 23.3 Å². The van der Waals surface area contributed by atoms with Crippen LogP contribution in [0.1, 0.15) is 30.5 Å². The van der Waals surface area contributed by atoms with Gasteiger partial charge in [-0.15, -0.1) is 0 Å². The van der Waals surface area contributed by atoms with Gasteiger partial charge in [0.15, 0.2) is 0 Å². The van der Waals surface area contributed by atoms with Crippen LogP contribution in [-0.4, -0.2) is 17.6 Å². The van der Waals surface area contributed by atoms with E-state index in [1.165, 1.54) is 12.1 Å². The van der Waals surface area contributed by atoms with Crippen molar-refractivity contribution in [2.75, 3.05) is 11.5 Å². The number of para-hydroxylation sites is 1. The van der Waals surface area contributed by atoms with E-state index in [1.54, 1.807) is 24.0 Å². The Morgan fingerprint density at radius 3 is 2.62 bits per heavy atom. The first-order chi connectivity index (χ1) is 11.6. The molecule has 1 heterocycles. The summed E-state index contributed by atoms with van der Waals surface area (Å²) in [6, 6.07) is 13.9. The molecule has 24 heavy (non-hydrogen) atoms. The van der Waals surface area contributed by atoms with Crippen molar-refractivity contribution in [3.8, 4) is 0 Å². The molecule has 0 saturated heterocycles. The normalized spacial score (nSPS) is 16.4. The van der Waals surface area contributed by atoms with Crippen molar-refractivity contribution in [1.29, 1.82) is 0 Å². The fourth-order valence-corrected chi connectivity index (χ4v) is 3.10. The number of fused-ring (bicyclic) bond motifs is 1. The van der Waals surface area contributed by atoms with Crippen molar-refractivity contribution in [3.63, 3.8) is 0 Å². The van der Waals surface area contributed by atoms with Crippen molar-refractivity contribution in [2.45, 2.75) is 25.8 Å². The smallest absolute Gasteiger partial charge is 0.414 e. The van der Waals surface area contributed by atoms with Gasteiger partial charge in [0.1, 0.15) is 0 Å². The number of carbonyl (C=O) groups excluding carboxylic acids is 1. The Hall–Kier alpha value is -2.89. The van der Waals surface area contributed by atoms with Gasteiger partial charge in [-0.25, -0.2) is 4.79 Å². The maximum absolute atomic E-state index is 12.5. The first kappa shape index (κ1) is 16.0. The minimum Gasteiger partial charge on any atom is -0.449 e. The van der Waals surface area contributed by atoms with Gasteiger partial charge in [-0.3, -0.25) is 15.0 Å². The summed E-state index contributed by atoms with van der Waals surface area (Å²) in [5, 5.41) is 10.8. The van der Waals surface area contributed by atoms with Crippen LogP contribution in [-0.2, 0) is 11.2 Å². The van der Waals surface area contributed by atoms with Crippen LogP contribution < -0.4 is 4.90 Å². The number of nitro benzene ring substituents is 1. The zero-order valence-electron chi connectivity index (χ0n) is 13.3. The van der Waals surface area contributed by atoms with E-state index >= 15 is 0 Å². The molecule has 6 heteroatoms. The lowest BCUT2D eigenvalue weighted by atomic mass is 9.91. The van der Waals surface area contributed by atoms with E-state index in [0.717, 1.165) is 29.7 Å². The van der Waals surface area contributed by atoms with Crippen molar-refractivity contribution >= 4 is 17.5 Å². The monoisotopic (exact) mass is 326 g/mol. The van der Waals surface area contributed by atoms with Gasteiger partial charge in [-0.1, -0.05) is 30.3 Å². The molecule has 1 amide bonds. The molecule has 124 valence electrons. The van der Waals surface area contributed by atoms with Crippen molar-refractivity contribution in [3.05, 3.63) is 69.8 Å². The summed E-state index contributed by atoms with van der Waals surface area (Å²) in [6.07, 6.45) is 1.19. The number of nitro groups is 1. The Balaban J connectivity index is 1.99. The van der Waals surface area contributed by atoms with Crippen LogP contribution in [0.3, 0.4) is 0 Å². The maximum Gasteiger partial charge on any atom is 0.414 e. The molecule has 2 aromatic carbocycles. The number of carbonyl (C=O) groups is 1. The van der Waals surface area contributed by atoms with E-state index in [2.05, 4.69) is 0 Å².